The van der Waals surface area contributed by atoms with Crippen LogP contribution in [0.4, 0.5) is 13.2 Å². The van der Waals surface area contributed by atoms with Crippen LogP contribution < -0.4 is 10.1 Å². The number of benzene rings is 1. The second-order valence-corrected chi connectivity index (χ2v) is 6.31. The molecule has 0 aliphatic rings. The maximum atomic E-state index is 12.6. The zero-order valence-corrected chi connectivity index (χ0v) is 13.4. The van der Waals surface area contributed by atoms with E-state index in [4.69, 9.17) is 4.74 Å². The first-order valence-electron chi connectivity index (χ1n) is 7.24. The van der Waals surface area contributed by atoms with Crippen LogP contribution in [-0.4, -0.2) is 30.3 Å². The third kappa shape index (κ3) is 7.36. The third-order valence-electron chi connectivity index (χ3n) is 3.14. The molecule has 4 nitrogen and oxygen atoms in total. The Bertz CT molecular complexity index is 528. The molecule has 1 atom stereocenters. The molecule has 1 unspecified atom stereocenters. The van der Waals surface area contributed by atoms with Crippen LogP contribution in [0.2, 0.25) is 0 Å². The van der Waals surface area contributed by atoms with Crippen LogP contribution in [0.25, 0.3) is 0 Å². The van der Waals surface area contributed by atoms with Crippen LogP contribution in [-0.2, 0) is 11.0 Å². The highest BCUT2D eigenvalue weighted by atomic mass is 19.4. The van der Waals surface area contributed by atoms with E-state index in [9.17, 15) is 23.1 Å². The van der Waals surface area contributed by atoms with Crippen molar-refractivity contribution < 1.29 is 27.8 Å². The van der Waals surface area contributed by atoms with Crippen molar-refractivity contribution in [1.29, 1.82) is 0 Å². The molecule has 1 amide bonds. The topological polar surface area (TPSA) is 58.6 Å². The van der Waals surface area contributed by atoms with Crippen LogP contribution >= 0.6 is 0 Å². The van der Waals surface area contributed by atoms with Crippen molar-refractivity contribution in [3.63, 3.8) is 0 Å². The van der Waals surface area contributed by atoms with E-state index in [1.165, 1.54) is 12.1 Å². The quantitative estimate of drug-likeness (QED) is 0.806. The average Bonchev–Trinajstić information content (AvgIpc) is 2.41. The van der Waals surface area contributed by atoms with Gasteiger partial charge in [-0.15, -0.1) is 0 Å². The fourth-order valence-electron chi connectivity index (χ4n) is 2.17. The van der Waals surface area contributed by atoms with Crippen LogP contribution in [0.3, 0.4) is 0 Å². The molecule has 130 valence electrons. The van der Waals surface area contributed by atoms with E-state index in [1.54, 1.807) is 6.92 Å². The summed E-state index contributed by atoms with van der Waals surface area (Å²) in [5.74, 6) is -0.445. The van der Waals surface area contributed by atoms with Gasteiger partial charge in [0.05, 0.1) is 11.7 Å². The van der Waals surface area contributed by atoms with Gasteiger partial charge in [0.15, 0.2) is 6.61 Å². The minimum Gasteiger partial charge on any atom is -0.484 e. The number of rotatable bonds is 7. The first-order chi connectivity index (χ1) is 10.5. The van der Waals surface area contributed by atoms with E-state index < -0.39 is 23.8 Å². The van der Waals surface area contributed by atoms with Crippen molar-refractivity contribution in [3.05, 3.63) is 29.8 Å². The van der Waals surface area contributed by atoms with E-state index in [1.807, 2.05) is 13.8 Å². The standard InChI is InChI=1S/C16H22F3NO3/c1-11(21)8-15(2,3)10-20-14(22)9-23-13-6-4-5-12(7-13)16(17,18)19/h4-7,11,21H,8-10H2,1-3H3,(H,20,22). The Morgan fingerprint density at radius 1 is 1.35 bits per heavy atom. The van der Waals surface area contributed by atoms with Gasteiger partial charge in [0.2, 0.25) is 0 Å². The van der Waals surface area contributed by atoms with Crippen LogP contribution in [0, 0.1) is 5.41 Å². The minimum atomic E-state index is -4.45. The molecule has 1 rings (SSSR count). The number of amides is 1. The number of halogens is 3. The number of carbonyl (C=O) groups is 1. The van der Waals surface area contributed by atoms with E-state index in [0.29, 0.717) is 13.0 Å². The highest BCUT2D eigenvalue weighted by molar-refractivity contribution is 5.77. The van der Waals surface area contributed by atoms with Gasteiger partial charge in [-0.25, -0.2) is 0 Å². The first-order valence-corrected chi connectivity index (χ1v) is 7.24. The summed E-state index contributed by atoms with van der Waals surface area (Å²) in [5.41, 5.74) is -1.12. The van der Waals surface area contributed by atoms with Gasteiger partial charge in [0, 0.05) is 6.54 Å². The monoisotopic (exact) mass is 333 g/mol. The molecule has 0 saturated carbocycles. The first kappa shape index (κ1) is 19.3. The maximum absolute atomic E-state index is 12.6. The summed E-state index contributed by atoms with van der Waals surface area (Å²) < 4.78 is 42.8. The zero-order valence-electron chi connectivity index (χ0n) is 13.4. The summed E-state index contributed by atoms with van der Waals surface area (Å²) in [5, 5.41) is 12.0. The highest BCUT2D eigenvalue weighted by Gasteiger charge is 2.30. The van der Waals surface area contributed by atoms with Crippen molar-refractivity contribution >= 4 is 5.91 Å². The van der Waals surface area contributed by atoms with Gasteiger partial charge in [-0.1, -0.05) is 19.9 Å². The number of alkyl halides is 3. The fraction of sp³-hybridized carbons (Fsp3) is 0.562. The predicted octanol–water partition coefficient (Wildman–Crippen LogP) is 3.00. The Morgan fingerprint density at radius 2 is 2.00 bits per heavy atom. The summed E-state index contributed by atoms with van der Waals surface area (Å²) in [6.07, 6.45) is -4.42. The molecule has 0 aliphatic carbocycles. The molecule has 0 aromatic heterocycles. The van der Waals surface area contributed by atoms with Crippen molar-refractivity contribution in [2.75, 3.05) is 13.2 Å². The van der Waals surface area contributed by atoms with Crippen LogP contribution in [0.1, 0.15) is 32.8 Å². The SMILES string of the molecule is CC(O)CC(C)(C)CNC(=O)COc1cccc(C(F)(F)F)c1. The van der Waals surface area contributed by atoms with Crippen molar-refractivity contribution in [1.82, 2.24) is 5.32 Å². The van der Waals surface area contributed by atoms with Crippen LogP contribution in [0.5, 0.6) is 5.75 Å². The number of nitrogens with one attached hydrogen (secondary N) is 1. The lowest BCUT2D eigenvalue weighted by Gasteiger charge is -2.26. The van der Waals surface area contributed by atoms with E-state index in [2.05, 4.69) is 5.32 Å². The average molecular weight is 333 g/mol. The largest absolute Gasteiger partial charge is 0.484 e. The summed E-state index contributed by atoms with van der Waals surface area (Å²) in [6, 6.07) is 4.37. The lowest BCUT2D eigenvalue weighted by molar-refractivity contribution is -0.137. The van der Waals surface area contributed by atoms with Crippen LogP contribution in [0.15, 0.2) is 24.3 Å². The van der Waals surface area contributed by atoms with Gasteiger partial charge in [-0.3, -0.25) is 4.79 Å². The molecule has 0 fully saturated rings. The van der Waals surface area contributed by atoms with Gasteiger partial charge in [-0.05, 0) is 37.0 Å². The van der Waals surface area contributed by atoms with Crippen molar-refractivity contribution in [2.45, 2.75) is 39.5 Å². The van der Waals surface area contributed by atoms with E-state index in [-0.39, 0.29) is 17.8 Å². The van der Waals surface area contributed by atoms with Gasteiger partial charge in [-0.2, -0.15) is 13.2 Å². The smallest absolute Gasteiger partial charge is 0.416 e. The Kier molecular flexibility index (Phi) is 6.44. The third-order valence-corrected chi connectivity index (χ3v) is 3.14. The number of aliphatic hydroxyl groups excluding tert-OH is 1. The van der Waals surface area contributed by atoms with Gasteiger partial charge in [0.25, 0.3) is 5.91 Å². The van der Waals surface area contributed by atoms with Crippen molar-refractivity contribution in [3.8, 4) is 5.75 Å². The second kappa shape index (κ2) is 7.68. The number of carbonyl (C=O) groups excluding carboxylic acids is 1. The summed E-state index contributed by atoms with van der Waals surface area (Å²) in [4.78, 5) is 11.7. The summed E-state index contributed by atoms with van der Waals surface area (Å²) >= 11 is 0. The molecule has 0 heterocycles. The molecule has 2 N–H and O–H groups in total. The summed E-state index contributed by atoms with van der Waals surface area (Å²) in [7, 11) is 0. The molecule has 1 aromatic rings. The Hall–Kier alpha value is -1.76. The molecule has 0 radical (unpaired) electrons. The molecule has 0 aliphatic heterocycles. The molecular formula is C16H22F3NO3. The van der Waals surface area contributed by atoms with E-state index >= 15 is 0 Å². The number of hydrogen-bond acceptors (Lipinski definition) is 3. The Labute approximate surface area is 133 Å². The zero-order chi connectivity index (χ0) is 17.7. The number of ether oxygens (including phenoxy) is 1. The number of aliphatic hydroxyl groups is 1. The lowest BCUT2D eigenvalue weighted by atomic mass is 9.87. The van der Waals surface area contributed by atoms with Gasteiger partial charge in [0.1, 0.15) is 5.75 Å². The normalized spacial score (nSPS) is 13.5. The predicted molar refractivity (Wildman–Crippen MR) is 80.0 cm³/mol. The molecule has 1 aromatic carbocycles. The Balaban J connectivity index is 2.48. The Morgan fingerprint density at radius 3 is 2.57 bits per heavy atom. The van der Waals surface area contributed by atoms with E-state index in [0.717, 1.165) is 12.1 Å². The molecule has 0 saturated heterocycles. The fourth-order valence-corrected chi connectivity index (χ4v) is 2.17. The maximum Gasteiger partial charge on any atom is 0.416 e. The van der Waals surface area contributed by atoms with Gasteiger partial charge >= 0.3 is 6.18 Å². The minimum absolute atomic E-state index is 0.0155. The molecule has 7 heteroatoms. The molecule has 23 heavy (non-hydrogen) atoms. The second-order valence-electron chi connectivity index (χ2n) is 6.31. The summed E-state index contributed by atoms with van der Waals surface area (Å²) in [6.45, 7) is 5.43. The molecule has 0 spiro atoms. The molecular weight excluding hydrogens is 311 g/mol. The lowest BCUT2D eigenvalue weighted by Crippen LogP contribution is -2.38. The van der Waals surface area contributed by atoms with Crippen molar-refractivity contribution in [2.24, 2.45) is 5.41 Å². The molecule has 0 bridgehead atoms. The number of hydrogen-bond donors (Lipinski definition) is 2. The highest BCUT2D eigenvalue weighted by Crippen LogP contribution is 2.31. The van der Waals surface area contributed by atoms with Gasteiger partial charge < -0.3 is 15.2 Å².